The van der Waals surface area contributed by atoms with E-state index in [0.29, 0.717) is 6.54 Å². The number of aliphatic hydroxyl groups is 3. The molecule has 0 saturated heterocycles. The topological polar surface area (TPSA) is 63.9 Å². The van der Waals surface area contributed by atoms with Crippen molar-refractivity contribution in [1.29, 1.82) is 0 Å². The Morgan fingerprint density at radius 2 is 1.68 bits per heavy atom. The summed E-state index contributed by atoms with van der Waals surface area (Å²) < 4.78 is 0. The molecule has 116 valence electrons. The van der Waals surface area contributed by atoms with Crippen LogP contribution in [0.25, 0.3) is 0 Å². The van der Waals surface area contributed by atoms with Crippen LogP contribution in [-0.4, -0.2) is 59.2 Å². The first-order valence-corrected chi connectivity index (χ1v) is 7.59. The molecular weight excluding hydrogens is 242 g/mol. The van der Waals surface area contributed by atoms with Gasteiger partial charge in [0.2, 0.25) is 0 Å². The molecule has 0 aliphatic rings. The highest BCUT2D eigenvalue weighted by Crippen LogP contribution is 2.17. The van der Waals surface area contributed by atoms with Gasteiger partial charge in [0.15, 0.2) is 0 Å². The molecule has 0 rings (SSSR count). The fourth-order valence-corrected chi connectivity index (χ4v) is 2.24. The maximum Gasteiger partial charge on any atom is 0.0717 e. The second-order valence-corrected chi connectivity index (χ2v) is 5.90. The van der Waals surface area contributed by atoms with Crippen molar-refractivity contribution in [3.8, 4) is 0 Å². The van der Waals surface area contributed by atoms with E-state index >= 15 is 0 Å². The van der Waals surface area contributed by atoms with Crippen LogP contribution in [0.1, 0.15) is 46.5 Å². The highest BCUT2D eigenvalue weighted by molar-refractivity contribution is 4.78. The minimum Gasteiger partial charge on any atom is -0.396 e. The van der Waals surface area contributed by atoms with Crippen LogP contribution in [0, 0.1) is 11.8 Å². The van der Waals surface area contributed by atoms with Crippen LogP contribution in [0.4, 0.5) is 0 Å². The third-order valence-corrected chi connectivity index (χ3v) is 3.91. The molecule has 0 saturated carbocycles. The van der Waals surface area contributed by atoms with Crippen LogP contribution in [0.5, 0.6) is 0 Å². The summed E-state index contributed by atoms with van der Waals surface area (Å²) in [5.41, 5.74) is 0. The lowest BCUT2D eigenvalue weighted by molar-refractivity contribution is -0.0283. The zero-order valence-electron chi connectivity index (χ0n) is 13.0. The van der Waals surface area contributed by atoms with Gasteiger partial charge in [0.25, 0.3) is 0 Å². The maximum absolute atomic E-state index is 10.1. The fraction of sp³-hybridized carbons (Fsp3) is 1.00. The van der Waals surface area contributed by atoms with E-state index in [1.165, 1.54) is 19.3 Å². The lowest BCUT2D eigenvalue weighted by Gasteiger charge is -2.30. The Kier molecular flexibility index (Phi) is 10.5. The molecule has 0 unspecified atom stereocenters. The standard InChI is InChI=1S/C15H33NO3/c1-5-6-7-8-9-16(4)10-14(18)13(3)15(19)12(2)11-17/h12-15,17-19H,5-11H2,1-4H3/t12-,13-,14+,15-/m1/s1. The van der Waals surface area contributed by atoms with Crippen molar-refractivity contribution in [2.45, 2.75) is 58.7 Å². The van der Waals surface area contributed by atoms with Crippen molar-refractivity contribution in [3.05, 3.63) is 0 Å². The molecule has 19 heavy (non-hydrogen) atoms. The van der Waals surface area contributed by atoms with Crippen molar-refractivity contribution in [3.63, 3.8) is 0 Å². The van der Waals surface area contributed by atoms with E-state index in [4.69, 9.17) is 5.11 Å². The third-order valence-electron chi connectivity index (χ3n) is 3.91. The summed E-state index contributed by atoms with van der Waals surface area (Å²) in [7, 11) is 2.00. The predicted molar refractivity (Wildman–Crippen MR) is 79.1 cm³/mol. The van der Waals surface area contributed by atoms with Gasteiger partial charge in [-0.15, -0.1) is 0 Å². The summed E-state index contributed by atoms with van der Waals surface area (Å²) in [6.07, 6.45) is 3.67. The number of hydrogen-bond acceptors (Lipinski definition) is 4. The van der Waals surface area contributed by atoms with Crippen molar-refractivity contribution in [2.24, 2.45) is 11.8 Å². The number of aliphatic hydroxyl groups excluding tert-OH is 3. The van der Waals surface area contributed by atoms with E-state index in [1.54, 1.807) is 6.92 Å². The average Bonchev–Trinajstić information content (AvgIpc) is 2.40. The number of unbranched alkanes of at least 4 members (excludes halogenated alkanes) is 3. The zero-order valence-corrected chi connectivity index (χ0v) is 13.0. The van der Waals surface area contributed by atoms with Gasteiger partial charge in [-0.25, -0.2) is 0 Å². The molecule has 0 aromatic heterocycles. The first kappa shape index (κ1) is 18.8. The minimum atomic E-state index is -0.659. The van der Waals surface area contributed by atoms with Crippen molar-refractivity contribution in [2.75, 3.05) is 26.7 Å². The van der Waals surface area contributed by atoms with Crippen molar-refractivity contribution in [1.82, 2.24) is 4.90 Å². The van der Waals surface area contributed by atoms with Crippen LogP contribution in [0.15, 0.2) is 0 Å². The lowest BCUT2D eigenvalue weighted by atomic mass is 9.89. The Labute approximate surface area is 118 Å². The van der Waals surface area contributed by atoms with Gasteiger partial charge >= 0.3 is 0 Å². The summed E-state index contributed by atoms with van der Waals surface area (Å²) >= 11 is 0. The normalized spacial score (nSPS) is 18.3. The molecule has 4 heteroatoms. The van der Waals surface area contributed by atoms with Gasteiger partial charge < -0.3 is 20.2 Å². The van der Waals surface area contributed by atoms with Gasteiger partial charge in [-0.1, -0.05) is 40.0 Å². The van der Waals surface area contributed by atoms with E-state index < -0.39 is 12.2 Å². The van der Waals surface area contributed by atoms with E-state index in [2.05, 4.69) is 11.8 Å². The zero-order chi connectivity index (χ0) is 14.8. The molecule has 0 fully saturated rings. The van der Waals surface area contributed by atoms with Crippen LogP contribution in [-0.2, 0) is 0 Å². The Balaban J connectivity index is 3.96. The van der Waals surface area contributed by atoms with Crippen LogP contribution in [0.3, 0.4) is 0 Å². The SMILES string of the molecule is CCCCCCN(C)C[C@H](O)[C@@H](C)[C@H](O)[C@H](C)CO. The molecule has 4 nitrogen and oxygen atoms in total. The smallest absolute Gasteiger partial charge is 0.0717 e. The Morgan fingerprint density at radius 3 is 2.21 bits per heavy atom. The molecule has 0 aromatic carbocycles. The molecular formula is C15H33NO3. The largest absolute Gasteiger partial charge is 0.396 e. The second-order valence-electron chi connectivity index (χ2n) is 5.90. The Hall–Kier alpha value is -0.160. The Morgan fingerprint density at radius 1 is 1.05 bits per heavy atom. The monoisotopic (exact) mass is 275 g/mol. The highest BCUT2D eigenvalue weighted by atomic mass is 16.3. The van der Waals surface area contributed by atoms with Gasteiger partial charge in [0.05, 0.1) is 12.2 Å². The van der Waals surface area contributed by atoms with E-state index in [0.717, 1.165) is 13.0 Å². The Bertz CT molecular complexity index is 214. The van der Waals surface area contributed by atoms with E-state index in [1.807, 2.05) is 14.0 Å². The molecule has 0 spiro atoms. The third kappa shape index (κ3) is 7.88. The molecule has 0 aromatic rings. The van der Waals surface area contributed by atoms with Gasteiger partial charge in [-0.3, -0.25) is 0 Å². The first-order valence-electron chi connectivity index (χ1n) is 7.59. The van der Waals surface area contributed by atoms with Gasteiger partial charge in [0.1, 0.15) is 0 Å². The summed E-state index contributed by atoms with van der Waals surface area (Å²) in [4.78, 5) is 2.12. The molecule has 0 radical (unpaired) electrons. The molecule has 0 bridgehead atoms. The van der Waals surface area contributed by atoms with E-state index in [9.17, 15) is 10.2 Å². The average molecular weight is 275 g/mol. The molecule has 0 aliphatic carbocycles. The molecule has 0 heterocycles. The van der Waals surface area contributed by atoms with Gasteiger partial charge in [0, 0.05) is 25.0 Å². The highest BCUT2D eigenvalue weighted by Gasteiger charge is 2.27. The summed E-state index contributed by atoms with van der Waals surface area (Å²) in [6, 6.07) is 0. The quantitative estimate of drug-likeness (QED) is 0.500. The van der Waals surface area contributed by atoms with E-state index in [-0.39, 0.29) is 18.4 Å². The van der Waals surface area contributed by atoms with Crippen LogP contribution in [0.2, 0.25) is 0 Å². The summed E-state index contributed by atoms with van der Waals surface area (Å²) in [5, 5.41) is 29.1. The molecule has 0 amide bonds. The maximum atomic E-state index is 10.1. The van der Waals surface area contributed by atoms with Gasteiger partial charge in [-0.2, -0.15) is 0 Å². The number of rotatable bonds is 11. The second kappa shape index (κ2) is 10.6. The lowest BCUT2D eigenvalue weighted by Crippen LogP contribution is -2.41. The van der Waals surface area contributed by atoms with Gasteiger partial charge in [-0.05, 0) is 20.0 Å². The van der Waals surface area contributed by atoms with Crippen molar-refractivity contribution >= 4 is 0 Å². The van der Waals surface area contributed by atoms with Crippen LogP contribution < -0.4 is 0 Å². The fourth-order valence-electron chi connectivity index (χ4n) is 2.24. The summed E-state index contributed by atoms with van der Waals surface area (Å²) in [5.74, 6) is -0.417. The molecule has 4 atom stereocenters. The minimum absolute atomic E-state index is 0.0505. The number of nitrogens with zero attached hydrogens (tertiary/aromatic N) is 1. The summed E-state index contributed by atoms with van der Waals surface area (Å²) in [6.45, 7) is 7.33. The molecule has 3 N–H and O–H groups in total. The molecule has 0 aliphatic heterocycles. The van der Waals surface area contributed by atoms with Crippen LogP contribution >= 0.6 is 0 Å². The number of hydrogen-bond donors (Lipinski definition) is 3. The number of likely N-dealkylation sites (N-methyl/N-ethyl adjacent to an activating group) is 1. The van der Waals surface area contributed by atoms with Crippen molar-refractivity contribution < 1.29 is 15.3 Å². The predicted octanol–water partition coefficient (Wildman–Crippen LogP) is 1.48. The first-order chi connectivity index (χ1) is 8.93.